The van der Waals surface area contributed by atoms with E-state index in [0.29, 0.717) is 43.7 Å². The molecule has 0 saturated carbocycles. The highest BCUT2D eigenvalue weighted by Crippen LogP contribution is 2.25. The lowest BCUT2D eigenvalue weighted by Gasteiger charge is -2.38. The summed E-state index contributed by atoms with van der Waals surface area (Å²) in [6.45, 7) is 1.35. The number of piperidine rings is 1. The average molecular weight is 376 g/mol. The van der Waals surface area contributed by atoms with Crippen LogP contribution in [0.2, 0.25) is 0 Å². The second-order valence-electron chi connectivity index (χ2n) is 6.83. The smallest absolute Gasteiger partial charge is 0.256 e. The molecule has 1 amide bonds. The van der Waals surface area contributed by atoms with Crippen LogP contribution >= 0.6 is 0 Å². The van der Waals surface area contributed by atoms with E-state index in [9.17, 15) is 14.3 Å². The van der Waals surface area contributed by atoms with Gasteiger partial charge in [-0.15, -0.1) is 0 Å². The van der Waals surface area contributed by atoms with Crippen molar-refractivity contribution in [3.8, 4) is 5.75 Å². The van der Waals surface area contributed by atoms with Crippen LogP contribution in [-0.4, -0.2) is 48.3 Å². The summed E-state index contributed by atoms with van der Waals surface area (Å²) in [6.07, 6.45) is 3.34. The fourth-order valence-corrected chi connectivity index (χ4v) is 3.35. The zero-order chi connectivity index (χ0) is 19.3. The van der Waals surface area contributed by atoms with Gasteiger partial charge in [0, 0.05) is 38.2 Å². The van der Waals surface area contributed by atoms with Gasteiger partial charge in [0.1, 0.15) is 17.3 Å². The molecule has 1 aliphatic heterocycles. The van der Waals surface area contributed by atoms with E-state index in [1.807, 2.05) is 12.1 Å². The van der Waals surface area contributed by atoms with Gasteiger partial charge in [-0.25, -0.2) is 4.39 Å². The molecule has 1 saturated heterocycles. The maximum Gasteiger partial charge on any atom is 0.256 e. The summed E-state index contributed by atoms with van der Waals surface area (Å²) in [5.74, 6) is 0.612. The number of carbonyl (C=O) groups is 1. The largest absolute Gasteiger partial charge is 0.497 e. The molecule has 1 aliphatic rings. The van der Waals surface area contributed by atoms with Crippen molar-refractivity contribution in [1.82, 2.24) is 10.2 Å². The topological polar surface area (TPSA) is 74.9 Å². The Labute approximate surface area is 157 Å². The second kappa shape index (κ2) is 8.54. The van der Waals surface area contributed by atoms with Crippen molar-refractivity contribution in [2.24, 2.45) is 0 Å². The van der Waals surface area contributed by atoms with Gasteiger partial charge < -0.3 is 24.5 Å². The van der Waals surface area contributed by atoms with Crippen molar-refractivity contribution < 1.29 is 23.4 Å². The molecule has 2 N–H and O–H groups in total. The molecule has 7 heteroatoms. The first-order valence-electron chi connectivity index (χ1n) is 9.09. The number of methoxy groups -OCH3 is 1. The van der Waals surface area contributed by atoms with E-state index in [-0.39, 0.29) is 19.0 Å². The van der Waals surface area contributed by atoms with E-state index in [1.54, 1.807) is 12.3 Å². The quantitative estimate of drug-likeness (QED) is 0.691. The molecule has 0 unspecified atom stereocenters. The van der Waals surface area contributed by atoms with Crippen molar-refractivity contribution in [3.63, 3.8) is 0 Å². The molecule has 3 rings (SSSR count). The summed E-state index contributed by atoms with van der Waals surface area (Å²) in [4.78, 5) is 14.3. The third-order valence-corrected chi connectivity index (χ3v) is 4.86. The minimum atomic E-state index is -1.48. The first-order valence-corrected chi connectivity index (χ1v) is 9.09. The second-order valence-corrected chi connectivity index (χ2v) is 6.83. The van der Waals surface area contributed by atoms with Crippen LogP contribution in [0.25, 0.3) is 0 Å². The van der Waals surface area contributed by atoms with Gasteiger partial charge in [-0.1, -0.05) is 0 Å². The minimum Gasteiger partial charge on any atom is -0.497 e. The zero-order valence-electron chi connectivity index (χ0n) is 15.4. The number of nitrogens with one attached hydrogen (secondary N) is 1. The Morgan fingerprint density at radius 1 is 1.41 bits per heavy atom. The molecule has 0 aliphatic carbocycles. The molecule has 0 bridgehead atoms. The van der Waals surface area contributed by atoms with Crippen LogP contribution in [0.5, 0.6) is 5.75 Å². The van der Waals surface area contributed by atoms with Crippen LogP contribution < -0.4 is 10.1 Å². The first kappa shape index (κ1) is 19.4. The normalized spacial score (nSPS) is 20.1. The van der Waals surface area contributed by atoms with Crippen LogP contribution in [0, 0.1) is 5.82 Å². The number of amides is 1. The average Bonchev–Trinajstić information content (AvgIpc) is 3.18. The fourth-order valence-electron chi connectivity index (χ4n) is 3.35. The molecule has 146 valence electrons. The van der Waals surface area contributed by atoms with Crippen LogP contribution in [0.15, 0.2) is 41.0 Å². The molecule has 1 fully saturated rings. The van der Waals surface area contributed by atoms with Gasteiger partial charge in [0.2, 0.25) is 0 Å². The number of rotatable bonds is 8. The molecule has 27 heavy (non-hydrogen) atoms. The monoisotopic (exact) mass is 376 g/mol. The van der Waals surface area contributed by atoms with Crippen molar-refractivity contribution >= 4 is 5.91 Å². The van der Waals surface area contributed by atoms with E-state index in [0.717, 1.165) is 5.76 Å². The van der Waals surface area contributed by atoms with Crippen molar-refractivity contribution in [3.05, 3.63) is 53.7 Å². The van der Waals surface area contributed by atoms with Crippen molar-refractivity contribution in [2.45, 2.75) is 31.4 Å². The highest BCUT2D eigenvalue weighted by molar-refractivity contribution is 5.86. The Bertz CT molecular complexity index is 765. The molecule has 0 spiro atoms. The molecule has 6 nitrogen and oxygen atoms in total. The maximum atomic E-state index is 14.1. The standard InChI is InChI=1S/C20H25FN2O4/c1-26-17-5-6-18(21)15(12-17)13-23-10-3-8-20(25,19(23)24)14-22-9-7-16-4-2-11-27-16/h2,4-6,11-12,22,25H,3,7-10,13-14H2,1H3/t20-/m0/s1. The number of benzene rings is 1. The van der Waals surface area contributed by atoms with Gasteiger partial charge in [0.05, 0.1) is 13.4 Å². The fraction of sp³-hybridized carbons (Fsp3) is 0.450. The Morgan fingerprint density at radius 2 is 2.26 bits per heavy atom. The first-order chi connectivity index (χ1) is 13.0. The van der Waals surface area contributed by atoms with Gasteiger partial charge in [-0.2, -0.15) is 0 Å². The third-order valence-electron chi connectivity index (χ3n) is 4.86. The minimum absolute atomic E-state index is 0.108. The predicted octanol–water partition coefficient (Wildman–Crippen LogP) is 2.11. The highest BCUT2D eigenvalue weighted by atomic mass is 19.1. The molecule has 1 aromatic carbocycles. The Hall–Kier alpha value is -2.38. The molecular formula is C20H25FN2O4. The van der Waals surface area contributed by atoms with Crippen LogP contribution in [0.4, 0.5) is 4.39 Å². The van der Waals surface area contributed by atoms with E-state index < -0.39 is 11.4 Å². The number of furan rings is 1. The summed E-state index contributed by atoms with van der Waals surface area (Å²) in [5, 5.41) is 13.9. The number of halogens is 1. The van der Waals surface area contributed by atoms with E-state index in [4.69, 9.17) is 9.15 Å². The van der Waals surface area contributed by atoms with E-state index >= 15 is 0 Å². The summed E-state index contributed by atoms with van der Waals surface area (Å²) in [5.41, 5.74) is -1.10. The van der Waals surface area contributed by atoms with Gasteiger partial charge >= 0.3 is 0 Å². The van der Waals surface area contributed by atoms with Crippen molar-refractivity contribution in [1.29, 1.82) is 0 Å². The summed E-state index contributed by atoms with van der Waals surface area (Å²) in [7, 11) is 1.51. The lowest BCUT2D eigenvalue weighted by Crippen LogP contribution is -2.57. The zero-order valence-corrected chi connectivity index (χ0v) is 15.4. The molecule has 2 heterocycles. The van der Waals surface area contributed by atoms with Gasteiger partial charge in [-0.05, 0) is 43.2 Å². The van der Waals surface area contributed by atoms with Crippen molar-refractivity contribution in [2.75, 3.05) is 26.7 Å². The number of ether oxygens (including phenoxy) is 1. The van der Waals surface area contributed by atoms with E-state index in [2.05, 4.69) is 5.32 Å². The number of carbonyl (C=O) groups excluding carboxylic acids is 1. The number of hydrogen-bond acceptors (Lipinski definition) is 5. The molecule has 2 aromatic rings. The van der Waals surface area contributed by atoms with Crippen LogP contribution in [0.3, 0.4) is 0 Å². The maximum absolute atomic E-state index is 14.1. The SMILES string of the molecule is COc1ccc(F)c(CN2CCC[C@](O)(CNCCc3ccco3)C2=O)c1. The number of aliphatic hydroxyl groups is 1. The Balaban J connectivity index is 1.59. The summed E-state index contributed by atoms with van der Waals surface area (Å²) < 4.78 is 24.5. The number of likely N-dealkylation sites (tertiary alicyclic amines) is 1. The lowest BCUT2D eigenvalue weighted by molar-refractivity contribution is -0.157. The van der Waals surface area contributed by atoms with Gasteiger partial charge in [-0.3, -0.25) is 4.79 Å². The highest BCUT2D eigenvalue weighted by Gasteiger charge is 2.41. The molecular weight excluding hydrogens is 351 g/mol. The Kier molecular flexibility index (Phi) is 6.13. The Morgan fingerprint density at radius 3 is 3.00 bits per heavy atom. The van der Waals surface area contributed by atoms with Crippen LogP contribution in [-0.2, 0) is 17.8 Å². The lowest BCUT2D eigenvalue weighted by atomic mass is 9.91. The number of hydrogen-bond donors (Lipinski definition) is 2. The molecule has 1 atom stereocenters. The van der Waals surface area contributed by atoms with E-state index in [1.165, 1.54) is 24.1 Å². The van der Waals surface area contributed by atoms with Gasteiger partial charge in [0.15, 0.2) is 5.60 Å². The predicted molar refractivity (Wildman–Crippen MR) is 97.8 cm³/mol. The summed E-state index contributed by atoms with van der Waals surface area (Å²) in [6, 6.07) is 8.15. The van der Waals surface area contributed by atoms with Crippen LogP contribution in [0.1, 0.15) is 24.2 Å². The molecule has 0 radical (unpaired) electrons. The number of nitrogens with zero attached hydrogens (tertiary/aromatic N) is 1. The summed E-state index contributed by atoms with van der Waals surface area (Å²) >= 11 is 0. The van der Waals surface area contributed by atoms with Gasteiger partial charge in [0.25, 0.3) is 5.91 Å². The molecule has 1 aromatic heterocycles. The third kappa shape index (κ3) is 4.67.